The fourth-order valence-corrected chi connectivity index (χ4v) is 3.64. The molecule has 1 saturated heterocycles. The molecule has 1 fully saturated rings. The second-order valence-corrected chi connectivity index (χ2v) is 6.35. The molecule has 6 heteroatoms. The van der Waals surface area contributed by atoms with Gasteiger partial charge in [0.2, 0.25) is 0 Å². The van der Waals surface area contributed by atoms with E-state index in [1.54, 1.807) is 9.12 Å². The maximum atomic E-state index is 11.6. The third-order valence-electron chi connectivity index (χ3n) is 3.17. The number of nitrogens with zero attached hydrogens (tertiary/aromatic N) is 2. The number of piperazine rings is 1. The lowest BCUT2D eigenvalue weighted by molar-refractivity contribution is -0.145. The standard InChI is InChI=1S/C12H23IN2O2S/c1-3-5-6-14-7-8-15(18-13)10-11(14)9-12(16)17-4-2/h11H,3-10H2,1-2H3. The van der Waals surface area contributed by atoms with Crippen LogP contribution in [0.25, 0.3) is 0 Å². The lowest BCUT2D eigenvalue weighted by Gasteiger charge is -2.39. The first kappa shape index (κ1) is 16.5. The van der Waals surface area contributed by atoms with Crippen molar-refractivity contribution < 1.29 is 9.53 Å². The van der Waals surface area contributed by atoms with E-state index in [1.807, 2.05) is 6.92 Å². The third-order valence-corrected chi connectivity index (χ3v) is 5.37. The maximum absolute atomic E-state index is 11.6. The third kappa shape index (κ3) is 5.63. The molecule has 106 valence electrons. The van der Waals surface area contributed by atoms with E-state index in [-0.39, 0.29) is 5.97 Å². The predicted molar refractivity (Wildman–Crippen MR) is 84.7 cm³/mol. The minimum absolute atomic E-state index is 0.0655. The average molecular weight is 386 g/mol. The number of esters is 1. The van der Waals surface area contributed by atoms with Crippen molar-refractivity contribution in [3.63, 3.8) is 0 Å². The number of rotatable bonds is 7. The van der Waals surface area contributed by atoms with Gasteiger partial charge in [-0.1, -0.05) is 13.3 Å². The molecule has 0 bridgehead atoms. The van der Waals surface area contributed by atoms with Crippen LogP contribution in [0.3, 0.4) is 0 Å². The molecular weight excluding hydrogens is 363 g/mol. The van der Waals surface area contributed by atoms with E-state index in [4.69, 9.17) is 4.74 Å². The van der Waals surface area contributed by atoms with Crippen LogP contribution < -0.4 is 0 Å². The van der Waals surface area contributed by atoms with Gasteiger partial charge >= 0.3 is 5.97 Å². The first-order chi connectivity index (χ1) is 8.71. The SMILES string of the molecule is CCCCN1CCN(SI)CC1CC(=O)OCC. The Balaban J connectivity index is 2.50. The summed E-state index contributed by atoms with van der Waals surface area (Å²) in [6, 6.07) is 0.312. The summed E-state index contributed by atoms with van der Waals surface area (Å²) in [5.74, 6) is -0.0655. The number of halogens is 1. The molecule has 4 nitrogen and oxygen atoms in total. The molecule has 18 heavy (non-hydrogen) atoms. The summed E-state index contributed by atoms with van der Waals surface area (Å²) >= 11 is 2.31. The molecule has 0 aromatic heterocycles. The van der Waals surface area contributed by atoms with Crippen LogP contribution in [0.4, 0.5) is 0 Å². The smallest absolute Gasteiger partial charge is 0.307 e. The fraction of sp³-hybridized carbons (Fsp3) is 0.917. The van der Waals surface area contributed by atoms with Crippen molar-refractivity contribution in [3.8, 4) is 0 Å². The van der Waals surface area contributed by atoms with Crippen molar-refractivity contribution >= 4 is 36.3 Å². The van der Waals surface area contributed by atoms with Gasteiger partial charge in [-0.05, 0) is 29.0 Å². The minimum Gasteiger partial charge on any atom is -0.466 e. The summed E-state index contributed by atoms with van der Waals surface area (Å²) in [7, 11) is 1.74. The van der Waals surface area contributed by atoms with E-state index in [0.717, 1.165) is 26.2 Å². The highest BCUT2D eigenvalue weighted by molar-refractivity contribution is 14.2. The van der Waals surface area contributed by atoms with E-state index in [1.165, 1.54) is 12.8 Å². The maximum Gasteiger partial charge on any atom is 0.307 e. The highest BCUT2D eigenvalue weighted by Gasteiger charge is 2.28. The molecule has 1 heterocycles. The number of carbonyl (C=O) groups excluding carboxylic acids is 1. The molecule has 0 spiro atoms. The van der Waals surface area contributed by atoms with E-state index in [0.29, 0.717) is 19.1 Å². The zero-order chi connectivity index (χ0) is 13.4. The van der Waals surface area contributed by atoms with Crippen molar-refractivity contribution in [1.82, 2.24) is 9.21 Å². The number of carbonyl (C=O) groups is 1. The van der Waals surface area contributed by atoms with E-state index in [2.05, 4.69) is 37.3 Å². The Morgan fingerprint density at radius 3 is 2.83 bits per heavy atom. The van der Waals surface area contributed by atoms with Gasteiger partial charge in [0.15, 0.2) is 0 Å². The number of hydrogen-bond donors (Lipinski definition) is 0. The molecule has 1 aliphatic rings. The van der Waals surface area contributed by atoms with Gasteiger partial charge in [0.1, 0.15) is 0 Å². The summed E-state index contributed by atoms with van der Waals surface area (Å²) in [6.45, 7) is 8.73. The molecular formula is C12H23IN2O2S. The van der Waals surface area contributed by atoms with Crippen LogP contribution in [-0.4, -0.2) is 54.0 Å². The van der Waals surface area contributed by atoms with Crippen molar-refractivity contribution in [3.05, 3.63) is 0 Å². The molecule has 0 N–H and O–H groups in total. The quantitative estimate of drug-likeness (QED) is 0.382. The summed E-state index contributed by atoms with van der Waals surface area (Å²) < 4.78 is 7.40. The molecule has 1 atom stereocenters. The lowest BCUT2D eigenvalue weighted by Crippen LogP contribution is -2.51. The van der Waals surface area contributed by atoms with Crippen LogP contribution >= 0.6 is 30.3 Å². The molecule has 0 radical (unpaired) electrons. The zero-order valence-electron chi connectivity index (χ0n) is 11.2. The normalized spacial score (nSPS) is 22.1. The Morgan fingerprint density at radius 2 is 2.22 bits per heavy atom. The van der Waals surface area contributed by atoms with E-state index < -0.39 is 0 Å². The number of ether oxygens (including phenoxy) is 1. The Bertz CT molecular complexity index is 256. The first-order valence-corrected chi connectivity index (χ1v) is 9.96. The largest absolute Gasteiger partial charge is 0.466 e. The molecule has 0 saturated carbocycles. The second-order valence-electron chi connectivity index (χ2n) is 4.51. The highest BCUT2D eigenvalue weighted by atomic mass is 127. The van der Waals surface area contributed by atoms with Crippen molar-refractivity contribution in [1.29, 1.82) is 0 Å². The van der Waals surface area contributed by atoms with Crippen molar-refractivity contribution in [2.45, 2.75) is 39.2 Å². The Kier molecular flexibility index (Phi) is 8.62. The topological polar surface area (TPSA) is 32.8 Å². The van der Waals surface area contributed by atoms with Crippen molar-refractivity contribution in [2.24, 2.45) is 0 Å². The second kappa shape index (κ2) is 9.39. The summed E-state index contributed by atoms with van der Waals surface area (Å²) in [5.41, 5.74) is 0. The molecule has 1 rings (SSSR count). The Hall–Kier alpha value is 0.470. The van der Waals surface area contributed by atoms with Gasteiger partial charge in [-0.25, -0.2) is 4.31 Å². The van der Waals surface area contributed by atoms with Crippen LogP contribution in [-0.2, 0) is 9.53 Å². The molecule has 1 unspecified atom stereocenters. The van der Waals surface area contributed by atoms with Gasteiger partial charge in [0.05, 0.1) is 13.0 Å². The predicted octanol–water partition coefficient (Wildman–Crippen LogP) is 2.72. The van der Waals surface area contributed by atoms with Gasteiger partial charge in [-0.3, -0.25) is 9.69 Å². The summed E-state index contributed by atoms with van der Waals surface area (Å²) in [4.78, 5) is 14.1. The minimum atomic E-state index is -0.0655. The molecule has 0 aliphatic carbocycles. The highest BCUT2D eigenvalue weighted by Crippen LogP contribution is 2.24. The van der Waals surface area contributed by atoms with Gasteiger partial charge in [0.25, 0.3) is 0 Å². The van der Waals surface area contributed by atoms with Crippen LogP contribution in [0.1, 0.15) is 33.1 Å². The van der Waals surface area contributed by atoms with Crippen LogP contribution in [0.15, 0.2) is 0 Å². The number of hydrogen-bond acceptors (Lipinski definition) is 5. The van der Waals surface area contributed by atoms with Crippen LogP contribution in [0, 0.1) is 0 Å². The lowest BCUT2D eigenvalue weighted by atomic mass is 10.1. The zero-order valence-corrected chi connectivity index (χ0v) is 14.2. The summed E-state index contributed by atoms with van der Waals surface area (Å²) in [5, 5.41) is 0. The molecule has 0 amide bonds. The van der Waals surface area contributed by atoms with Gasteiger partial charge in [-0.2, -0.15) is 0 Å². The average Bonchev–Trinajstić information content (AvgIpc) is 2.37. The van der Waals surface area contributed by atoms with Gasteiger partial charge in [-0.15, -0.1) is 0 Å². The monoisotopic (exact) mass is 386 g/mol. The fourth-order valence-electron chi connectivity index (χ4n) is 2.19. The van der Waals surface area contributed by atoms with Crippen LogP contribution in [0.2, 0.25) is 0 Å². The van der Waals surface area contributed by atoms with Crippen LogP contribution in [0.5, 0.6) is 0 Å². The summed E-state index contributed by atoms with van der Waals surface area (Å²) in [6.07, 6.45) is 2.93. The van der Waals surface area contributed by atoms with E-state index in [9.17, 15) is 4.79 Å². The number of unbranched alkanes of at least 4 members (excludes halogenated alkanes) is 1. The van der Waals surface area contributed by atoms with Gasteiger partial charge < -0.3 is 4.74 Å². The Labute approximate surface area is 127 Å². The molecule has 0 aromatic carbocycles. The van der Waals surface area contributed by atoms with E-state index >= 15 is 0 Å². The molecule has 0 aromatic rings. The first-order valence-electron chi connectivity index (χ1n) is 6.64. The van der Waals surface area contributed by atoms with Crippen molar-refractivity contribution in [2.75, 3.05) is 32.8 Å². The molecule has 1 aliphatic heterocycles. The Morgan fingerprint density at radius 1 is 1.44 bits per heavy atom. The van der Waals surface area contributed by atoms with Gasteiger partial charge in [0, 0.05) is 46.9 Å².